The predicted octanol–water partition coefficient (Wildman–Crippen LogP) is 3.32. The number of carbonyl (C=O) groups is 1. The molecule has 3 rings (SSSR count). The van der Waals surface area contributed by atoms with Crippen LogP contribution < -0.4 is 10.6 Å². The Kier molecular flexibility index (Phi) is 4.41. The lowest BCUT2D eigenvalue weighted by Gasteiger charge is -2.10. The van der Waals surface area contributed by atoms with Crippen molar-refractivity contribution in [2.75, 3.05) is 24.3 Å². The molecule has 0 radical (unpaired) electrons. The summed E-state index contributed by atoms with van der Waals surface area (Å²) in [6.45, 7) is 2.80. The van der Waals surface area contributed by atoms with Crippen LogP contribution >= 0.6 is 0 Å². The number of ether oxygens (including phenoxy) is 1. The Labute approximate surface area is 135 Å². The van der Waals surface area contributed by atoms with Gasteiger partial charge in [0.1, 0.15) is 5.82 Å². The van der Waals surface area contributed by atoms with E-state index < -0.39 is 0 Å². The van der Waals surface area contributed by atoms with Gasteiger partial charge in [-0.25, -0.2) is 9.78 Å². The summed E-state index contributed by atoms with van der Waals surface area (Å²) in [4.78, 5) is 20.5. The number of aromatic nitrogens is 2. The first-order valence-corrected chi connectivity index (χ1v) is 7.78. The average molecular weight is 312 g/mol. The van der Waals surface area contributed by atoms with Crippen LogP contribution in [-0.2, 0) is 4.74 Å². The molecule has 1 fully saturated rings. The molecule has 23 heavy (non-hydrogen) atoms. The highest BCUT2D eigenvalue weighted by atomic mass is 16.5. The van der Waals surface area contributed by atoms with Crippen LogP contribution in [0.5, 0.6) is 0 Å². The van der Waals surface area contributed by atoms with Gasteiger partial charge in [0.15, 0.2) is 0 Å². The Morgan fingerprint density at radius 3 is 2.61 bits per heavy atom. The van der Waals surface area contributed by atoms with Crippen LogP contribution in [0.1, 0.15) is 41.7 Å². The number of benzene rings is 1. The largest absolute Gasteiger partial charge is 0.465 e. The summed E-state index contributed by atoms with van der Waals surface area (Å²) in [7, 11) is 1.37. The number of carbonyl (C=O) groups excluding carboxylic acids is 1. The number of anilines is 3. The molecule has 1 aliphatic rings. The molecule has 2 aromatic rings. The third-order valence-electron chi connectivity index (χ3n) is 3.65. The molecule has 1 saturated carbocycles. The van der Waals surface area contributed by atoms with Gasteiger partial charge in [0, 0.05) is 24.2 Å². The quantitative estimate of drug-likeness (QED) is 0.797. The van der Waals surface area contributed by atoms with E-state index in [0.29, 0.717) is 17.4 Å². The molecule has 0 saturated heterocycles. The molecule has 1 aliphatic carbocycles. The lowest BCUT2D eigenvalue weighted by molar-refractivity contribution is 0.0601. The number of hydrogen-bond acceptors (Lipinski definition) is 6. The fourth-order valence-electron chi connectivity index (χ4n) is 2.31. The highest BCUT2D eigenvalue weighted by molar-refractivity contribution is 5.89. The van der Waals surface area contributed by atoms with E-state index in [1.54, 1.807) is 12.1 Å². The number of hydrogen-bond donors (Lipinski definition) is 2. The third-order valence-corrected chi connectivity index (χ3v) is 3.65. The van der Waals surface area contributed by atoms with Crippen molar-refractivity contribution in [1.29, 1.82) is 0 Å². The van der Waals surface area contributed by atoms with Crippen LogP contribution in [0.15, 0.2) is 30.3 Å². The maximum atomic E-state index is 11.5. The fraction of sp³-hybridized carbons (Fsp3) is 0.353. The normalized spacial score (nSPS) is 13.5. The summed E-state index contributed by atoms with van der Waals surface area (Å²) in [6.07, 6.45) is 2.38. The van der Waals surface area contributed by atoms with Gasteiger partial charge in [0.05, 0.1) is 18.4 Å². The summed E-state index contributed by atoms with van der Waals surface area (Å²) in [5, 5.41) is 6.43. The van der Waals surface area contributed by atoms with Crippen LogP contribution in [-0.4, -0.2) is 29.6 Å². The van der Waals surface area contributed by atoms with E-state index in [1.807, 2.05) is 25.1 Å². The van der Waals surface area contributed by atoms with Gasteiger partial charge in [-0.05, 0) is 44.0 Å². The van der Waals surface area contributed by atoms with Gasteiger partial charge >= 0.3 is 5.97 Å². The summed E-state index contributed by atoms with van der Waals surface area (Å²) in [5.74, 6) is 1.61. The van der Waals surface area contributed by atoms with Crippen LogP contribution in [0.3, 0.4) is 0 Å². The molecule has 6 nitrogen and oxygen atoms in total. The molecule has 0 atom stereocenters. The van der Waals surface area contributed by atoms with E-state index in [9.17, 15) is 4.79 Å². The van der Waals surface area contributed by atoms with Crippen molar-refractivity contribution in [3.63, 3.8) is 0 Å². The molecular formula is C17H20N4O2. The number of methoxy groups -OCH3 is 1. The third kappa shape index (κ3) is 3.77. The molecule has 1 aromatic carbocycles. The molecule has 0 aliphatic heterocycles. The van der Waals surface area contributed by atoms with Crippen LogP contribution in [0, 0.1) is 0 Å². The molecule has 1 aromatic heterocycles. The predicted molar refractivity (Wildman–Crippen MR) is 89.2 cm³/mol. The van der Waals surface area contributed by atoms with Gasteiger partial charge in [0.2, 0.25) is 5.95 Å². The average Bonchev–Trinajstić information content (AvgIpc) is 3.40. The number of nitrogens with one attached hydrogen (secondary N) is 2. The van der Waals surface area contributed by atoms with Gasteiger partial charge in [-0.2, -0.15) is 4.98 Å². The van der Waals surface area contributed by atoms with Gasteiger partial charge < -0.3 is 15.4 Å². The Hall–Kier alpha value is -2.63. The molecule has 2 N–H and O–H groups in total. The monoisotopic (exact) mass is 312 g/mol. The second-order valence-corrected chi connectivity index (χ2v) is 5.50. The van der Waals surface area contributed by atoms with Crippen molar-refractivity contribution >= 4 is 23.4 Å². The van der Waals surface area contributed by atoms with E-state index in [4.69, 9.17) is 4.74 Å². The maximum absolute atomic E-state index is 11.5. The molecule has 0 unspecified atom stereocenters. The SMILES string of the molecule is CCNc1nc(Nc2ccc(C(=O)OC)cc2)cc(C2CC2)n1. The summed E-state index contributed by atoms with van der Waals surface area (Å²) < 4.78 is 4.70. The second-order valence-electron chi connectivity index (χ2n) is 5.50. The minimum absolute atomic E-state index is 0.343. The van der Waals surface area contributed by atoms with E-state index in [2.05, 4.69) is 20.6 Å². The van der Waals surface area contributed by atoms with Crippen molar-refractivity contribution in [2.24, 2.45) is 0 Å². The van der Waals surface area contributed by atoms with E-state index in [-0.39, 0.29) is 5.97 Å². The second kappa shape index (κ2) is 6.64. The van der Waals surface area contributed by atoms with Crippen molar-refractivity contribution in [1.82, 2.24) is 9.97 Å². The topological polar surface area (TPSA) is 76.1 Å². The lowest BCUT2D eigenvalue weighted by atomic mass is 10.2. The number of nitrogens with zero attached hydrogens (tertiary/aromatic N) is 2. The lowest BCUT2D eigenvalue weighted by Crippen LogP contribution is -2.06. The minimum atomic E-state index is -0.343. The zero-order valence-electron chi connectivity index (χ0n) is 13.3. The van der Waals surface area contributed by atoms with E-state index >= 15 is 0 Å². The first kappa shape index (κ1) is 15.3. The van der Waals surface area contributed by atoms with Gasteiger partial charge in [-0.3, -0.25) is 0 Å². The standard InChI is InChI=1S/C17H20N4O2/c1-3-18-17-20-14(11-4-5-11)10-15(21-17)19-13-8-6-12(7-9-13)16(22)23-2/h6-11H,3-5H2,1-2H3,(H2,18,19,20,21). The van der Waals surface area contributed by atoms with Crippen molar-refractivity contribution in [2.45, 2.75) is 25.7 Å². The zero-order valence-corrected chi connectivity index (χ0v) is 13.3. The molecule has 120 valence electrons. The van der Waals surface area contributed by atoms with Crippen molar-refractivity contribution in [3.05, 3.63) is 41.6 Å². The van der Waals surface area contributed by atoms with Gasteiger partial charge in [-0.1, -0.05) is 0 Å². The van der Waals surface area contributed by atoms with E-state index in [1.165, 1.54) is 20.0 Å². The molecule has 1 heterocycles. The molecular weight excluding hydrogens is 292 g/mol. The highest BCUT2D eigenvalue weighted by Gasteiger charge is 2.26. The van der Waals surface area contributed by atoms with Gasteiger partial charge in [-0.15, -0.1) is 0 Å². The van der Waals surface area contributed by atoms with Crippen LogP contribution in [0.4, 0.5) is 17.5 Å². The Bertz CT molecular complexity index is 696. The molecule has 6 heteroatoms. The summed E-state index contributed by atoms with van der Waals surface area (Å²) in [6, 6.07) is 9.10. The van der Waals surface area contributed by atoms with Crippen molar-refractivity contribution in [3.8, 4) is 0 Å². The smallest absolute Gasteiger partial charge is 0.337 e. The first-order valence-electron chi connectivity index (χ1n) is 7.78. The number of esters is 1. The number of rotatable bonds is 6. The molecule has 0 amide bonds. The molecule has 0 bridgehead atoms. The maximum Gasteiger partial charge on any atom is 0.337 e. The fourth-order valence-corrected chi connectivity index (χ4v) is 2.31. The van der Waals surface area contributed by atoms with Crippen LogP contribution in [0.2, 0.25) is 0 Å². The first-order chi connectivity index (χ1) is 11.2. The Morgan fingerprint density at radius 1 is 1.26 bits per heavy atom. The van der Waals surface area contributed by atoms with Crippen LogP contribution in [0.25, 0.3) is 0 Å². The Balaban J connectivity index is 1.79. The van der Waals surface area contributed by atoms with Crippen molar-refractivity contribution < 1.29 is 9.53 Å². The Morgan fingerprint density at radius 2 is 2.00 bits per heavy atom. The summed E-state index contributed by atoms with van der Waals surface area (Å²) in [5.41, 5.74) is 2.46. The molecule has 0 spiro atoms. The summed E-state index contributed by atoms with van der Waals surface area (Å²) >= 11 is 0. The van der Waals surface area contributed by atoms with E-state index in [0.717, 1.165) is 23.7 Å². The minimum Gasteiger partial charge on any atom is -0.465 e. The zero-order chi connectivity index (χ0) is 16.2. The highest BCUT2D eigenvalue weighted by Crippen LogP contribution is 2.40. The van der Waals surface area contributed by atoms with Gasteiger partial charge in [0.25, 0.3) is 0 Å².